The molecule has 3 N–H and O–H groups in total. The Morgan fingerprint density at radius 3 is 2.97 bits per heavy atom. The number of nitrogens with one attached hydrogen (secondary N) is 1. The van der Waals surface area contributed by atoms with E-state index in [-0.39, 0.29) is 5.78 Å². The summed E-state index contributed by atoms with van der Waals surface area (Å²) < 4.78 is 3.25. The molecular formula is C20H23IN6OS. The predicted octanol–water partition coefficient (Wildman–Crippen LogP) is 3.68. The molecule has 7 nitrogen and oxygen atoms in total. The number of carbonyl (C=O) groups is 1. The number of hydrogen-bond donors (Lipinski definition) is 2. The van der Waals surface area contributed by atoms with Crippen LogP contribution in [0.4, 0.5) is 5.82 Å². The summed E-state index contributed by atoms with van der Waals surface area (Å²) in [6.45, 7) is 4.89. The number of fused-ring (bicyclic) bond motifs is 2. The van der Waals surface area contributed by atoms with E-state index < -0.39 is 0 Å². The zero-order valence-corrected chi connectivity index (χ0v) is 19.2. The second-order valence-corrected chi connectivity index (χ2v) is 9.17. The number of anilines is 1. The van der Waals surface area contributed by atoms with Gasteiger partial charge in [-0.2, -0.15) is 0 Å². The third kappa shape index (κ3) is 4.26. The van der Waals surface area contributed by atoms with Crippen LogP contribution in [0, 0.1) is 3.57 Å². The van der Waals surface area contributed by atoms with Crippen LogP contribution in [0.15, 0.2) is 28.5 Å². The van der Waals surface area contributed by atoms with Crippen molar-refractivity contribution in [3.05, 3.63) is 33.2 Å². The van der Waals surface area contributed by atoms with Gasteiger partial charge in [-0.15, -0.1) is 0 Å². The van der Waals surface area contributed by atoms with Crippen molar-refractivity contribution < 1.29 is 4.79 Å². The van der Waals surface area contributed by atoms with Crippen molar-refractivity contribution in [3.8, 4) is 0 Å². The molecule has 0 bridgehead atoms. The molecule has 2 heterocycles. The monoisotopic (exact) mass is 522 g/mol. The van der Waals surface area contributed by atoms with Crippen LogP contribution < -0.4 is 11.1 Å². The number of Topliss-reactive ketones (excluding diaryl/α,β-unsaturated/α-hetero) is 1. The molecule has 0 saturated heterocycles. The van der Waals surface area contributed by atoms with Gasteiger partial charge in [0, 0.05) is 27.0 Å². The molecule has 1 aliphatic rings. The van der Waals surface area contributed by atoms with Crippen LogP contribution in [0.25, 0.3) is 11.2 Å². The molecule has 0 radical (unpaired) electrons. The Labute approximate surface area is 187 Å². The summed E-state index contributed by atoms with van der Waals surface area (Å²) in [6.07, 6.45) is 5.01. The molecule has 152 valence electrons. The standard InChI is InChI=1S/C20H23IN6OS/c1-2-23-7-3-4-8-27-19-17(18(22)24-11-25-19)26-20(27)29-16-10-13-12(9-14(16)21)5-6-15(13)28/h9-11,23H,2-8H2,1H3,(H2,22,24,25). The van der Waals surface area contributed by atoms with Crippen LogP contribution in [0.1, 0.15) is 42.1 Å². The SMILES string of the molecule is CCNCCCCn1c(Sc2cc3c(cc2I)CCC3=O)nc2c(N)ncnc21. The molecule has 2 aromatic heterocycles. The average Bonchev–Trinajstić information content (AvgIpc) is 3.24. The van der Waals surface area contributed by atoms with Crippen molar-refractivity contribution in [1.29, 1.82) is 0 Å². The number of halogens is 1. The van der Waals surface area contributed by atoms with E-state index in [2.05, 4.69) is 55.4 Å². The van der Waals surface area contributed by atoms with Crippen molar-refractivity contribution in [2.75, 3.05) is 18.8 Å². The van der Waals surface area contributed by atoms with Crippen LogP contribution in [-0.2, 0) is 13.0 Å². The summed E-state index contributed by atoms with van der Waals surface area (Å²) in [4.78, 5) is 26.5. The van der Waals surface area contributed by atoms with Gasteiger partial charge in [-0.25, -0.2) is 15.0 Å². The van der Waals surface area contributed by atoms with E-state index in [0.717, 1.165) is 69.3 Å². The zero-order chi connectivity index (χ0) is 20.4. The highest BCUT2D eigenvalue weighted by atomic mass is 127. The number of carbonyl (C=O) groups excluding carboxylic acids is 1. The fourth-order valence-electron chi connectivity index (χ4n) is 3.53. The predicted molar refractivity (Wildman–Crippen MR) is 123 cm³/mol. The van der Waals surface area contributed by atoms with Crippen LogP contribution in [0.5, 0.6) is 0 Å². The van der Waals surface area contributed by atoms with E-state index in [9.17, 15) is 4.79 Å². The van der Waals surface area contributed by atoms with Gasteiger partial charge < -0.3 is 15.6 Å². The molecule has 3 aromatic rings. The number of hydrogen-bond acceptors (Lipinski definition) is 7. The summed E-state index contributed by atoms with van der Waals surface area (Å²) in [7, 11) is 0. The first-order valence-electron chi connectivity index (χ1n) is 9.79. The number of nitrogens with zero attached hydrogens (tertiary/aromatic N) is 4. The van der Waals surface area contributed by atoms with Gasteiger partial charge in [-0.1, -0.05) is 18.7 Å². The Morgan fingerprint density at radius 1 is 1.28 bits per heavy atom. The summed E-state index contributed by atoms with van der Waals surface area (Å²) in [6, 6.07) is 4.14. The molecule has 1 aromatic carbocycles. The van der Waals surface area contributed by atoms with E-state index in [1.165, 1.54) is 6.33 Å². The Morgan fingerprint density at radius 2 is 2.14 bits per heavy atom. The summed E-state index contributed by atoms with van der Waals surface area (Å²) >= 11 is 3.90. The van der Waals surface area contributed by atoms with Crippen LogP contribution in [-0.4, -0.2) is 38.4 Å². The third-order valence-corrected chi connectivity index (χ3v) is 7.35. The molecule has 0 amide bonds. The number of nitrogens with two attached hydrogens (primary N) is 1. The van der Waals surface area contributed by atoms with Crippen LogP contribution in [0.2, 0.25) is 0 Å². The van der Waals surface area contributed by atoms with Gasteiger partial charge in [0.15, 0.2) is 27.9 Å². The topological polar surface area (TPSA) is 98.7 Å². The minimum Gasteiger partial charge on any atom is -0.382 e. The van der Waals surface area contributed by atoms with E-state index >= 15 is 0 Å². The van der Waals surface area contributed by atoms with Gasteiger partial charge in [0.05, 0.1) is 0 Å². The maximum atomic E-state index is 12.2. The first-order chi connectivity index (χ1) is 14.1. The highest BCUT2D eigenvalue weighted by Gasteiger charge is 2.23. The first-order valence-corrected chi connectivity index (χ1v) is 11.7. The molecular weight excluding hydrogens is 499 g/mol. The van der Waals surface area contributed by atoms with Crippen molar-refractivity contribution in [2.45, 2.75) is 49.2 Å². The maximum absolute atomic E-state index is 12.2. The first kappa shape index (κ1) is 20.5. The van der Waals surface area contributed by atoms with E-state index in [0.29, 0.717) is 17.8 Å². The molecule has 0 saturated carbocycles. The van der Waals surface area contributed by atoms with E-state index in [4.69, 9.17) is 10.7 Å². The minimum atomic E-state index is 0.227. The number of aryl methyl sites for hydroxylation is 2. The van der Waals surface area contributed by atoms with Crippen LogP contribution in [0.3, 0.4) is 0 Å². The highest BCUT2D eigenvalue weighted by molar-refractivity contribution is 14.1. The number of benzene rings is 1. The smallest absolute Gasteiger partial charge is 0.175 e. The normalized spacial score (nSPS) is 13.4. The zero-order valence-electron chi connectivity index (χ0n) is 16.2. The maximum Gasteiger partial charge on any atom is 0.175 e. The van der Waals surface area contributed by atoms with Gasteiger partial charge in [-0.3, -0.25) is 4.79 Å². The van der Waals surface area contributed by atoms with Gasteiger partial charge in [0.1, 0.15) is 6.33 Å². The van der Waals surface area contributed by atoms with Gasteiger partial charge >= 0.3 is 0 Å². The van der Waals surface area contributed by atoms with Crippen molar-refractivity contribution in [3.63, 3.8) is 0 Å². The lowest BCUT2D eigenvalue weighted by atomic mass is 10.1. The average molecular weight is 522 g/mol. The summed E-state index contributed by atoms with van der Waals surface area (Å²) in [5.41, 5.74) is 9.45. The summed E-state index contributed by atoms with van der Waals surface area (Å²) in [5.74, 6) is 0.618. The molecule has 0 spiro atoms. The Balaban J connectivity index is 1.66. The Hall–Kier alpha value is -1.72. The number of rotatable bonds is 8. The van der Waals surface area contributed by atoms with Gasteiger partial charge in [0.2, 0.25) is 0 Å². The van der Waals surface area contributed by atoms with E-state index in [1.54, 1.807) is 11.8 Å². The molecule has 0 aliphatic heterocycles. The minimum absolute atomic E-state index is 0.227. The lowest BCUT2D eigenvalue weighted by molar-refractivity contribution is 0.0994. The number of ketones is 1. The van der Waals surface area contributed by atoms with Crippen molar-refractivity contribution in [2.24, 2.45) is 0 Å². The number of nitrogen functional groups attached to an aromatic ring is 1. The quantitative estimate of drug-likeness (QED) is 0.344. The fourth-order valence-corrected chi connectivity index (χ4v) is 5.35. The number of aromatic nitrogens is 4. The highest BCUT2D eigenvalue weighted by Crippen LogP contribution is 2.37. The molecule has 0 atom stereocenters. The molecule has 9 heteroatoms. The van der Waals surface area contributed by atoms with Crippen molar-refractivity contribution in [1.82, 2.24) is 24.8 Å². The third-order valence-electron chi connectivity index (χ3n) is 5.04. The van der Waals surface area contributed by atoms with Gasteiger partial charge in [-0.05, 0) is 72.6 Å². The molecule has 4 rings (SSSR count). The molecule has 0 fully saturated rings. The molecule has 0 unspecified atom stereocenters. The number of unbranched alkanes of at least 4 members (excludes halogenated alkanes) is 1. The Kier molecular flexibility index (Phi) is 6.35. The largest absolute Gasteiger partial charge is 0.382 e. The molecule has 29 heavy (non-hydrogen) atoms. The molecule has 1 aliphatic carbocycles. The van der Waals surface area contributed by atoms with Gasteiger partial charge in [0.25, 0.3) is 0 Å². The fraction of sp³-hybridized carbons (Fsp3) is 0.400. The lowest BCUT2D eigenvalue weighted by Crippen LogP contribution is -2.14. The Bertz CT molecular complexity index is 1070. The number of imidazole rings is 1. The summed E-state index contributed by atoms with van der Waals surface area (Å²) in [5, 5.41) is 4.19. The van der Waals surface area contributed by atoms with E-state index in [1.807, 2.05) is 6.07 Å². The second kappa shape index (κ2) is 8.97. The van der Waals surface area contributed by atoms with Crippen LogP contribution >= 0.6 is 34.4 Å². The lowest BCUT2D eigenvalue weighted by Gasteiger charge is -2.10. The van der Waals surface area contributed by atoms with Crippen molar-refractivity contribution >= 4 is 57.1 Å². The second-order valence-electron chi connectivity index (χ2n) is 7.00.